The lowest BCUT2D eigenvalue weighted by Crippen LogP contribution is -2.19. The van der Waals surface area contributed by atoms with Crippen LogP contribution < -0.4 is 5.14 Å². The fourth-order valence-electron chi connectivity index (χ4n) is 1.90. The second-order valence-corrected chi connectivity index (χ2v) is 5.43. The molecular weight excluding hydrogens is 188 g/mol. The third kappa shape index (κ3) is 1.05. The summed E-state index contributed by atoms with van der Waals surface area (Å²) in [4.78, 5) is 0. The molecule has 0 saturated heterocycles. The molecule has 1 spiro atoms. The van der Waals surface area contributed by atoms with Crippen molar-refractivity contribution in [3.63, 3.8) is 0 Å². The normalized spacial score (nSPS) is 43.1. The van der Waals surface area contributed by atoms with Crippen LogP contribution in [-0.4, -0.2) is 20.1 Å². The lowest BCUT2D eigenvalue weighted by molar-refractivity contribution is 0.0900. The van der Waals surface area contributed by atoms with Gasteiger partial charge in [-0.2, -0.15) is 0 Å². The van der Waals surface area contributed by atoms with Gasteiger partial charge in [0.05, 0.1) is 5.75 Å². The molecule has 2 aliphatic rings. The Morgan fingerprint density at radius 2 is 2.00 bits per heavy atom. The molecule has 70 valence electrons. The highest BCUT2D eigenvalue weighted by Crippen LogP contribution is 2.79. The van der Waals surface area contributed by atoms with Gasteiger partial charge in [0.25, 0.3) is 5.92 Å². The standard InChI is InChI=1S/C6H9F2NO2S/c7-6(8)3-5(6)1-4(5)2-12(9,10)11/h4H,1-3H2,(H2,9,10,11). The molecule has 2 aliphatic carbocycles. The number of alkyl halides is 2. The van der Waals surface area contributed by atoms with Gasteiger partial charge in [-0.1, -0.05) is 0 Å². The fraction of sp³-hybridized carbons (Fsp3) is 1.00. The van der Waals surface area contributed by atoms with E-state index in [0.29, 0.717) is 6.42 Å². The Kier molecular flexibility index (Phi) is 1.27. The number of halogens is 2. The van der Waals surface area contributed by atoms with Crippen LogP contribution in [-0.2, 0) is 10.0 Å². The first-order valence-electron chi connectivity index (χ1n) is 3.65. The molecule has 12 heavy (non-hydrogen) atoms. The zero-order chi connectivity index (χ0) is 9.20. The summed E-state index contributed by atoms with van der Waals surface area (Å²) in [5.74, 6) is -3.31. The molecule has 6 heteroatoms. The van der Waals surface area contributed by atoms with E-state index in [0.717, 1.165) is 0 Å². The van der Waals surface area contributed by atoms with Gasteiger partial charge in [0.2, 0.25) is 10.0 Å². The highest BCUT2D eigenvalue weighted by molar-refractivity contribution is 7.89. The Labute approximate surface area is 69.0 Å². The second kappa shape index (κ2) is 1.82. The first kappa shape index (κ1) is 8.37. The van der Waals surface area contributed by atoms with Gasteiger partial charge in [0.1, 0.15) is 0 Å². The van der Waals surface area contributed by atoms with Crippen molar-refractivity contribution in [1.29, 1.82) is 0 Å². The van der Waals surface area contributed by atoms with Gasteiger partial charge < -0.3 is 0 Å². The van der Waals surface area contributed by atoms with Crippen LogP contribution in [0.3, 0.4) is 0 Å². The number of rotatable bonds is 2. The van der Waals surface area contributed by atoms with E-state index >= 15 is 0 Å². The average Bonchev–Trinajstić information content (AvgIpc) is 2.48. The van der Waals surface area contributed by atoms with Gasteiger partial charge in [-0.05, 0) is 12.3 Å². The van der Waals surface area contributed by atoms with Gasteiger partial charge >= 0.3 is 0 Å². The van der Waals surface area contributed by atoms with Crippen molar-refractivity contribution in [1.82, 2.24) is 0 Å². The van der Waals surface area contributed by atoms with Crippen LogP contribution >= 0.6 is 0 Å². The summed E-state index contributed by atoms with van der Waals surface area (Å²) in [5.41, 5.74) is -0.973. The molecule has 0 bridgehead atoms. The molecule has 2 rings (SSSR count). The lowest BCUT2D eigenvalue weighted by atomic mass is 10.3. The van der Waals surface area contributed by atoms with Gasteiger partial charge in [0, 0.05) is 11.8 Å². The Balaban J connectivity index is 1.99. The summed E-state index contributed by atoms with van der Waals surface area (Å²) in [5, 5.41) is 4.74. The zero-order valence-electron chi connectivity index (χ0n) is 6.26. The summed E-state index contributed by atoms with van der Waals surface area (Å²) < 4.78 is 46.2. The van der Waals surface area contributed by atoms with Crippen molar-refractivity contribution < 1.29 is 17.2 Å². The largest absolute Gasteiger partial charge is 0.254 e. The van der Waals surface area contributed by atoms with E-state index in [1.54, 1.807) is 0 Å². The molecule has 0 heterocycles. The second-order valence-electron chi connectivity index (χ2n) is 3.77. The average molecular weight is 197 g/mol. The van der Waals surface area contributed by atoms with Crippen molar-refractivity contribution >= 4 is 10.0 Å². The SMILES string of the molecule is NS(=O)(=O)CC1CC12CC2(F)F. The monoisotopic (exact) mass is 197 g/mol. The molecule has 2 saturated carbocycles. The maximum absolute atomic E-state index is 12.6. The molecule has 0 aliphatic heterocycles. The predicted molar refractivity (Wildman–Crippen MR) is 38.1 cm³/mol. The first-order chi connectivity index (χ1) is 5.27. The minimum absolute atomic E-state index is 0.153. The fourth-order valence-corrected chi connectivity index (χ4v) is 2.89. The molecule has 2 fully saturated rings. The number of hydrogen-bond donors (Lipinski definition) is 1. The van der Waals surface area contributed by atoms with Gasteiger partial charge in [-0.3, -0.25) is 0 Å². The minimum Gasteiger partial charge on any atom is -0.229 e. The smallest absolute Gasteiger partial charge is 0.229 e. The van der Waals surface area contributed by atoms with E-state index in [-0.39, 0.29) is 12.2 Å². The molecular formula is C6H9F2NO2S. The van der Waals surface area contributed by atoms with E-state index < -0.39 is 27.3 Å². The third-order valence-corrected chi connectivity index (χ3v) is 3.67. The molecule has 2 unspecified atom stereocenters. The Morgan fingerprint density at radius 3 is 2.25 bits per heavy atom. The predicted octanol–water partition coefficient (Wildman–Crippen LogP) is 0.320. The summed E-state index contributed by atoms with van der Waals surface area (Å²) >= 11 is 0. The Morgan fingerprint density at radius 1 is 1.50 bits per heavy atom. The third-order valence-electron chi connectivity index (χ3n) is 2.81. The van der Waals surface area contributed by atoms with Crippen LogP contribution in [0.25, 0.3) is 0 Å². The lowest BCUT2D eigenvalue weighted by Gasteiger charge is -1.95. The van der Waals surface area contributed by atoms with Crippen molar-refractivity contribution in [3.05, 3.63) is 0 Å². The van der Waals surface area contributed by atoms with Crippen molar-refractivity contribution in [3.8, 4) is 0 Å². The summed E-state index contributed by atoms with van der Waals surface area (Å²) in [7, 11) is -3.58. The van der Waals surface area contributed by atoms with Crippen LogP contribution in [0.2, 0.25) is 0 Å². The number of primary sulfonamides is 1. The molecule has 0 aromatic rings. The molecule has 0 aromatic heterocycles. The molecule has 0 aromatic carbocycles. The maximum atomic E-state index is 12.6. The van der Waals surface area contributed by atoms with E-state index in [4.69, 9.17) is 5.14 Å². The molecule has 3 nitrogen and oxygen atoms in total. The van der Waals surface area contributed by atoms with Crippen LogP contribution in [0.15, 0.2) is 0 Å². The minimum atomic E-state index is -3.58. The topological polar surface area (TPSA) is 60.2 Å². The van der Waals surface area contributed by atoms with E-state index in [1.165, 1.54) is 0 Å². The van der Waals surface area contributed by atoms with Crippen LogP contribution in [0, 0.1) is 11.3 Å². The maximum Gasteiger partial charge on any atom is 0.254 e. The van der Waals surface area contributed by atoms with Gasteiger partial charge in [-0.15, -0.1) is 0 Å². The van der Waals surface area contributed by atoms with Crippen molar-refractivity contribution in [2.75, 3.05) is 5.75 Å². The highest BCUT2D eigenvalue weighted by Gasteiger charge is 2.83. The van der Waals surface area contributed by atoms with Gasteiger partial charge in [0.15, 0.2) is 0 Å². The number of nitrogens with two attached hydrogens (primary N) is 1. The highest BCUT2D eigenvalue weighted by atomic mass is 32.2. The van der Waals surface area contributed by atoms with E-state index in [1.807, 2.05) is 0 Å². The number of sulfonamides is 1. The van der Waals surface area contributed by atoms with Crippen LogP contribution in [0.1, 0.15) is 12.8 Å². The molecule has 2 atom stereocenters. The quantitative estimate of drug-likeness (QED) is 0.693. The van der Waals surface area contributed by atoms with Crippen LogP contribution in [0.5, 0.6) is 0 Å². The Bertz CT molecular complexity index is 326. The van der Waals surface area contributed by atoms with Crippen LogP contribution in [0.4, 0.5) is 8.78 Å². The van der Waals surface area contributed by atoms with Crippen molar-refractivity contribution in [2.24, 2.45) is 16.5 Å². The van der Waals surface area contributed by atoms with Gasteiger partial charge in [-0.25, -0.2) is 22.3 Å². The summed E-state index contributed by atoms with van der Waals surface area (Å²) in [6, 6.07) is 0. The summed E-state index contributed by atoms with van der Waals surface area (Å²) in [6.45, 7) is 0. The Hall–Kier alpha value is -0.230. The molecule has 2 N–H and O–H groups in total. The van der Waals surface area contributed by atoms with E-state index in [9.17, 15) is 17.2 Å². The molecule has 0 radical (unpaired) electrons. The molecule has 0 amide bonds. The first-order valence-corrected chi connectivity index (χ1v) is 5.37. The summed E-state index contributed by atoms with van der Waals surface area (Å²) in [6.07, 6.45) is 0.163. The van der Waals surface area contributed by atoms with Crippen molar-refractivity contribution in [2.45, 2.75) is 18.8 Å². The zero-order valence-corrected chi connectivity index (χ0v) is 7.07. The number of hydrogen-bond acceptors (Lipinski definition) is 2. The van der Waals surface area contributed by atoms with E-state index in [2.05, 4.69) is 0 Å².